The van der Waals surface area contributed by atoms with E-state index in [9.17, 15) is 9.90 Å². The van der Waals surface area contributed by atoms with E-state index in [4.69, 9.17) is 0 Å². The number of phenolic OH excluding ortho intramolecular Hbond substituents is 1. The van der Waals surface area contributed by atoms with Crippen molar-refractivity contribution in [3.05, 3.63) is 29.3 Å². The molecule has 4 nitrogen and oxygen atoms in total. The number of aromatic hydroxyl groups is 1. The summed E-state index contributed by atoms with van der Waals surface area (Å²) >= 11 is 0. The molecule has 100 valence electrons. The SMILES string of the molecule is Cc1ccc(O)c(C(=O)NCCCCN(C)C)c1. The molecule has 0 atom stereocenters. The predicted molar refractivity (Wildman–Crippen MR) is 73.0 cm³/mol. The maximum atomic E-state index is 11.8. The smallest absolute Gasteiger partial charge is 0.255 e. The summed E-state index contributed by atoms with van der Waals surface area (Å²) in [5.41, 5.74) is 1.31. The van der Waals surface area contributed by atoms with Crippen molar-refractivity contribution in [1.29, 1.82) is 0 Å². The Hall–Kier alpha value is -1.55. The Bertz CT molecular complexity index is 403. The van der Waals surface area contributed by atoms with Gasteiger partial charge >= 0.3 is 0 Å². The van der Waals surface area contributed by atoms with Crippen LogP contribution in [0.5, 0.6) is 5.75 Å². The van der Waals surface area contributed by atoms with E-state index in [1.165, 1.54) is 0 Å². The molecule has 0 aliphatic rings. The van der Waals surface area contributed by atoms with E-state index in [1.54, 1.807) is 18.2 Å². The number of unbranched alkanes of at least 4 members (excludes halogenated alkanes) is 1. The first kappa shape index (κ1) is 14.5. The maximum Gasteiger partial charge on any atom is 0.255 e. The van der Waals surface area contributed by atoms with E-state index >= 15 is 0 Å². The lowest BCUT2D eigenvalue weighted by atomic mass is 10.1. The summed E-state index contributed by atoms with van der Waals surface area (Å²) in [7, 11) is 4.06. The molecular weight excluding hydrogens is 228 g/mol. The summed E-state index contributed by atoms with van der Waals surface area (Å²) in [5.74, 6) is -0.174. The van der Waals surface area contributed by atoms with Crippen molar-refractivity contribution in [1.82, 2.24) is 10.2 Å². The van der Waals surface area contributed by atoms with E-state index in [1.807, 2.05) is 21.0 Å². The van der Waals surface area contributed by atoms with Crippen LogP contribution in [-0.4, -0.2) is 43.1 Å². The van der Waals surface area contributed by atoms with Crippen LogP contribution in [0, 0.1) is 6.92 Å². The quantitative estimate of drug-likeness (QED) is 0.757. The average Bonchev–Trinajstić information content (AvgIpc) is 2.31. The molecule has 2 N–H and O–H groups in total. The molecule has 0 aromatic heterocycles. The number of carbonyl (C=O) groups excluding carboxylic acids is 1. The molecule has 0 saturated carbocycles. The van der Waals surface area contributed by atoms with Gasteiger partial charge in [-0.05, 0) is 52.5 Å². The number of hydrogen-bond donors (Lipinski definition) is 2. The third-order valence-electron chi connectivity index (χ3n) is 2.71. The molecule has 0 spiro atoms. The minimum atomic E-state index is -0.207. The number of carbonyl (C=O) groups is 1. The molecule has 0 aliphatic heterocycles. The molecule has 0 aliphatic carbocycles. The van der Waals surface area contributed by atoms with Gasteiger partial charge in [0.15, 0.2) is 0 Å². The summed E-state index contributed by atoms with van der Waals surface area (Å²) < 4.78 is 0. The fraction of sp³-hybridized carbons (Fsp3) is 0.500. The minimum absolute atomic E-state index is 0.0337. The van der Waals surface area contributed by atoms with Gasteiger partial charge in [0.05, 0.1) is 5.56 Å². The van der Waals surface area contributed by atoms with Gasteiger partial charge in [-0.25, -0.2) is 0 Å². The molecule has 0 fully saturated rings. The standard InChI is InChI=1S/C14H22N2O2/c1-11-6-7-13(17)12(10-11)14(18)15-8-4-5-9-16(2)3/h6-7,10,17H,4-5,8-9H2,1-3H3,(H,15,18). The molecule has 1 amide bonds. The lowest BCUT2D eigenvalue weighted by molar-refractivity contribution is 0.0950. The molecular formula is C14H22N2O2. The number of nitrogens with zero attached hydrogens (tertiary/aromatic N) is 1. The fourth-order valence-electron chi connectivity index (χ4n) is 1.68. The van der Waals surface area contributed by atoms with Crippen molar-refractivity contribution < 1.29 is 9.90 Å². The monoisotopic (exact) mass is 250 g/mol. The molecule has 4 heteroatoms. The van der Waals surface area contributed by atoms with E-state index in [0.29, 0.717) is 12.1 Å². The van der Waals surface area contributed by atoms with Crippen molar-refractivity contribution in [2.75, 3.05) is 27.2 Å². The van der Waals surface area contributed by atoms with Gasteiger partial charge in [-0.1, -0.05) is 11.6 Å². The van der Waals surface area contributed by atoms with Gasteiger partial charge < -0.3 is 15.3 Å². The van der Waals surface area contributed by atoms with Crippen molar-refractivity contribution in [2.24, 2.45) is 0 Å². The Kier molecular flexibility index (Phi) is 5.65. The van der Waals surface area contributed by atoms with Gasteiger partial charge in [-0.2, -0.15) is 0 Å². The Morgan fingerprint density at radius 1 is 1.33 bits per heavy atom. The molecule has 18 heavy (non-hydrogen) atoms. The highest BCUT2D eigenvalue weighted by molar-refractivity contribution is 5.96. The number of nitrogens with one attached hydrogen (secondary N) is 1. The zero-order valence-corrected chi connectivity index (χ0v) is 11.4. The zero-order chi connectivity index (χ0) is 13.5. The first-order valence-corrected chi connectivity index (χ1v) is 6.23. The lowest BCUT2D eigenvalue weighted by Crippen LogP contribution is -2.25. The van der Waals surface area contributed by atoms with Crippen molar-refractivity contribution in [3.8, 4) is 5.75 Å². The molecule has 0 bridgehead atoms. The Morgan fingerprint density at radius 3 is 2.72 bits per heavy atom. The van der Waals surface area contributed by atoms with E-state index in [0.717, 1.165) is 24.9 Å². The van der Waals surface area contributed by atoms with E-state index < -0.39 is 0 Å². The normalized spacial score (nSPS) is 10.7. The predicted octanol–water partition coefficient (Wildman–Crippen LogP) is 1.77. The first-order chi connectivity index (χ1) is 8.50. The topological polar surface area (TPSA) is 52.6 Å². The lowest BCUT2D eigenvalue weighted by Gasteiger charge is -2.10. The van der Waals surface area contributed by atoms with Crippen LogP contribution >= 0.6 is 0 Å². The molecule has 1 rings (SSSR count). The number of phenols is 1. The van der Waals surface area contributed by atoms with Crippen LogP contribution in [-0.2, 0) is 0 Å². The van der Waals surface area contributed by atoms with Crippen molar-refractivity contribution >= 4 is 5.91 Å². The van der Waals surface area contributed by atoms with Crippen LogP contribution in [0.3, 0.4) is 0 Å². The van der Waals surface area contributed by atoms with Crippen LogP contribution in [0.1, 0.15) is 28.8 Å². The third-order valence-corrected chi connectivity index (χ3v) is 2.71. The summed E-state index contributed by atoms with van der Waals surface area (Å²) in [4.78, 5) is 14.0. The van der Waals surface area contributed by atoms with Gasteiger partial charge in [0, 0.05) is 6.54 Å². The first-order valence-electron chi connectivity index (χ1n) is 6.23. The zero-order valence-electron chi connectivity index (χ0n) is 11.4. The van der Waals surface area contributed by atoms with Gasteiger partial charge in [-0.3, -0.25) is 4.79 Å². The Labute approximate surface area is 109 Å². The molecule has 0 heterocycles. The number of benzene rings is 1. The van der Waals surface area contributed by atoms with Gasteiger partial charge in [0.2, 0.25) is 0 Å². The number of amides is 1. The van der Waals surface area contributed by atoms with Gasteiger partial charge in [-0.15, -0.1) is 0 Å². The Balaban J connectivity index is 2.39. The number of aryl methyl sites for hydroxylation is 1. The van der Waals surface area contributed by atoms with Crippen LogP contribution in [0.4, 0.5) is 0 Å². The number of rotatable bonds is 6. The summed E-state index contributed by atoms with van der Waals surface area (Å²) in [6.07, 6.45) is 1.99. The van der Waals surface area contributed by atoms with Gasteiger partial charge in [0.25, 0.3) is 5.91 Å². The second-order valence-corrected chi connectivity index (χ2v) is 4.79. The highest BCUT2D eigenvalue weighted by atomic mass is 16.3. The van der Waals surface area contributed by atoms with Crippen molar-refractivity contribution in [3.63, 3.8) is 0 Å². The van der Waals surface area contributed by atoms with E-state index in [2.05, 4.69) is 10.2 Å². The third kappa shape index (κ3) is 4.75. The molecule has 0 radical (unpaired) electrons. The summed E-state index contributed by atoms with van der Waals surface area (Å²) in [6, 6.07) is 5.03. The largest absolute Gasteiger partial charge is 0.507 e. The number of hydrogen-bond acceptors (Lipinski definition) is 3. The molecule has 1 aromatic carbocycles. The van der Waals surface area contributed by atoms with E-state index in [-0.39, 0.29) is 11.7 Å². The highest BCUT2D eigenvalue weighted by Gasteiger charge is 2.10. The molecule has 0 saturated heterocycles. The van der Waals surface area contributed by atoms with Crippen LogP contribution in [0.2, 0.25) is 0 Å². The fourth-order valence-corrected chi connectivity index (χ4v) is 1.68. The maximum absolute atomic E-state index is 11.8. The second-order valence-electron chi connectivity index (χ2n) is 4.79. The van der Waals surface area contributed by atoms with Crippen molar-refractivity contribution in [2.45, 2.75) is 19.8 Å². The second kappa shape index (κ2) is 7.01. The van der Waals surface area contributed by atoms with Crippen LogP contribution in [0.15, 0.2) is 18.2 Å². The van der Waals surface area contributed by atoms with Crippen LogP contribution < -0.4 is 5.32 Å². The highest BCUT2D eigenvalue weighted by Crippen LogP contribution is 2.17. The molecule has 1 aromatic rings. The molecule has 0 unspecified atom stereocenters. The minimum Gasteiger partial charge on any atom is -0.507 e. The summed E-state index contributed by atoms with van der Waals surface area (Å²) in [6.45, 7) is 3.55. The van der Waals surface area contributed by atoms with Gasteiger partial charge in [0.1, 0.15) is 5.75 Å². The Morgan fingerprint density at radius 2 is 2.06 bits per heavy atom. The average molecular weight is 250 g/mol. The van der Waals surface area contributed by atoms with Crippen LogP contribution in [0.25, 0.3) is 0 Å². The summed E-state index contributed by atoms with van der Waals surface area (Å²) in [5, 5.41) is 12.4.